The minimum Gasteiger partial charge on any atom is -0.411 e. The minimum absolute atomic E-state index is 0.0630. The summed E-state index contributed by atoms with van der Waals surface area (Å²) in [4.78, 5) is 0. The summed E-state index contributed by atoms with van der Waals surface area (Å²) in [7, 11) is -6.03. The monoisotopic (exact) mass is 552 g/mol. The Hall–Kier alpha value is -0.289. The highest BCUT2D eigenvalue weighted by Crippen LogP contribution is 2.47. The Balaban J connectivity index is 2.49. The molecular formula is C29H56O4Si3. The van der Waals surface area contributed by atoms with Gasteiger partial charge in [-0.05, 0) is 68.4 Å². The zero-order valence-corrected chi connectivity index (χ0v) is 28.9. The van der Waals surface area contributed by atoms with E-state index in [0.29, 0.717) is 6.61 Å². The van der Waals surface area contributed by atoms with Crippen molar-refractivity contribution in [2.24, 2.45) is 0 Å². The van der Waals surface area contributed by atoms with Crippen LogP contribution in [0.5, 0.6) is 0 Å². The SMILES string of the molecule is CC1(O[Si](C)(C)C)C(O[Si](C)(C)C(C)(C)C)CC(OCc2ccccc2)CC1O[Si](C)(C)C(C)(C)C. The molecule has 1 aromatic carbocycles. The summed E-state index contributed by atoms with van der Waals surface area (Å²) in [6.45, 7) is 33.0. The van der Waals surface area contributed by atoms with Crippen LogP contribution in [0.2, 0.25) is 55.9 Å². The van der Waals surface area contributed by atoms with E-state index in [1.807, 2.05) is 0 Å². The molecule has 0 radical (unpaired) electrons. The van der Waals surface area contributed by atoms with Crippen molar-refractivity contribution in [3.8, 4) is 0 Å². The Morgan fingerprint density at radius 3 is 1.53 bits per heavy atom. The van der Waals surface area contributed by atoms with Crippen LogP contribution in [0.3, 0.4) is 0 Å². The average Bonchev–Trinajstić information content (AvgIpc) is 2.67. The lowest BCUT2D eigenvalue weighted by Gasteiger charge is -2.56. The molecule has 2 rings (SSSR count). The molecule has 0 spiro atoms. The van der Waals surface area contributed by atoms with Crippen LogP contribution in [0, 0.1) is 0 Å². The number of hydrogen-bond acceptors (Lipinski definition) is 4. The van der Waals surface area contributed by atoms with Crippen molar-refractivity contribution in [3.63, 3.8) is 0 Å². The van der Waals surface area contributed by atoms with Crippen molar-refractivity contribution < 1.29 is 18.0 Å². The maximum atomic E-state index is 7.21. The molecule has 0 bridgehead atoms. The topological polar surface area (TPSA) is 36.9 Å². The van der Waals surface area contributed by atoms with Gasteiger partial charge in [0.1, 0.15) is 5.60 Å². The van der Waals surface area contributed by atoms with Gasteiger partial charge in [-0.3, -0.25) is 0 Å². The quantitative estimate of drug-likeness (QED) is 0.287. The molecule has 0 aliphatic heterocycles. The molecule has 2 unspecified atom stereocenters. The van der Waals surface area contributed by atoms with Gasteiger partial charge in [0.2, 0.25) is 0 Å². The molecule has 0 saturated heterocycles. The highest BCUT2D eigenvalue weighted by Gasteiger charge is 2.56. The Morgan fingerprint density at radius 2 is 1.17 bits per heavy atom. The summed E-state index contributed by atoms with van der Waals surface area (Å²) in [5.74, 6) is 0. The lowest BCUT2D eigenvalue weighted by molar-refractivity contribution is -0.169. The molecule has 0 heterocycles. The van der Waals surface area contributed by atoms with E-state index in [1.165, 1.54) is 5.56 Å². The van der Waals surface area contributed by atoms with Gasteiger partial charge < -0.3 is 18.0 Å². The summed E-state index contributed by atoms with van der Waals surface area (Å²) >= 11 is 0. The molecule has 1 aromatic rings. The highest BCUT2D eigenvalue weighted by atomic mass is 28.4. The summed E-state index contributed by atoms with van der Waals surface area (Å²) in [5, 5.41) is 0.224. The van der Waals surface area contributed by atoms with E-state index in [9.17, 15) is 0 Å². The zero-order valence-electron chi connectivity index (χ0n) is 25.9. The van der Waals surface area contributed by atoms with Gasteiger partial charge in [-0.25, -0.2) is 0 Å². The van der Waals surface area contributed by atoms with Crippen LogP contribution in [-0.4, -0.2) is 48.9 Å². The normalized spacial score (nSPS) is 26.8. The van der Waals surface area contributed by atoms with Crippen LogP contribution in [0.4, 0.5) is 0 Å². The molecule has 4 nitrogen and oxygen atoms in total. The average molecular weight is 553 g/mol. The Bertz CT molecular complexity index is 797. The molecule has 7 heteroatoms. The van der Waals surface area contributed by atoms with Gasteiger partial charge in [0.05, 0.1) is 24.9 Å². The van der Waals surface area contributed by atoms with Gasteiger partial charge in [0.15, 0.2) is 25.0 Å². The molecule has 208 valence electrons. The number of benzene rings is 1. The number of rotatable bonds is 9. The molecule has 1 fully saturated rings. The molecule has 1 saturated carbocycles. The molecule has 1 aliphatic carbocycles. The largest absolute Gasteiger partial charge is 0.411 e. The molecule has 36 heavy (non-hydrogen) atoms. The fourth-order valence-corrected chi connectivity index (χ4v) is 8.73. The first-order valence-electron chi connectivity index (χ1n) is 13.8. The van der Waals surface area contributed by atoms with Crippen LogP contribution in [0.15, 0.2) is 30.3 Å². The smallest absolute Gasteiger partial charge is 0.192 e. The standard InChI is InChI=1S/C29H56O4Si3/c1-27(2,3)35(11,12)31-25-20-24(30-22-23-18-16-15-17-19-23)21-26(29(25,7)33-34(8,9)10)32-36(13,14)28(4,5)6/h15-19,24-26H,20-22H2,1-14H3. The van der Waals surface area contributed by atoms with Gasteiger partial charge in [-0.1, -0.05) is 71.9 Å². The lowest BCUT2D eigenvalue weighted by atomic mass is 9.79. The van der Waals surface area contributed by atoms with Crippen molar-refractivity contribution in [1.29, 1.82) is 0 Å². The predicted octanol–water partition coefficient (Wildman–Crippen LogP) is 8.76. The van der Waals surface area contributed by atoms with Gasteiger partial charge in [-0.15, -0.1) is 0 Å². The molecule has 0 aromatic heterocycles. The molecular weight excluding hydrogens is 497 g/mol. The van der Waals surface area contributed by atoms with Crippen molar-refractivity contribution in [1.82, 2.24) is 0 Å². The van der Waals surface area contributed by atoms with E-state index in [1.54, 1.807) is 0 Å². The first-order valence-corrected chi connectivity index (χ1v) is 23.0. The van der Waals surface area contributed by atoms with Crippen molar-refractivity contribution in [2.75, 3.05) is 0 Å². The van der Waals surface area contributed by atoms with E-state index < -0.39 is 30.6 Å². The summed E-state index contributed by atoms with van der Waals surface area (Å²) in [6, 6.07) is 10.5. The third-order valence-corrected chi connectivity index (χ3v) is 18.6. The van der Waals surface area contributed by atoms with Crippen molar-refractivity contribution in [3.05, 3.63) is 35.9 Å². The van der Waals surface area contributed by atoms with Crippen LogP contribution < -0.4 is 0 Å². The van der Waals surface area contributed by atoms with E-state index in [2.05, 4.69) is 125 Å². The van der Waals surface area contributed by atoms with Crippen LogP contribution in [0.25, 0.3) is 0 Å². The number of ether oxygens (including phenoxy) is 1. The minimum atomic E-state index is -2.06. The zero-order chi connectivity index (χ0) is 27.8. The van der Waals surface area contributed by atoms with Crippen molar-refractivity contribution in [2.45, 2.75) is 148 Å². The maximum Gasteiger partial charge on any atom is 0.192 e. The first-order chi connectivity index (χ1) is 16.1. The summed E-state index contributed by atoms with van der Waals surface area (Å²) in [5.41, 5.74) is 0.690. The van der Waals surface area contributed by atoms with Gasteiger partial charge >= 0.3 is 0 Å². The second-order valence-corrected chi connectivity index (χ2v) is 29.0. The van der Waals surface area contributed by atoms with Crippen LogP contribution >= 0.6 is 0 Å². The second-order valence-electron chi connectivity index (χ2n) is 15.0. The third-order valence-electron chi connectivity index (χ3n) is 8.57. The van der Waals surface area contributed by atoms with E-state index >= 15 is 0 Å². The van der Waals surface area contributed by atoms with Gasteiger partial charge in [0.25, 0.3) is 0 Å². The molecule has 2 atom stereocenters. The first kappa shape index (κ1) is 31.9. The van der Waals surface area contributed by atoms with Crippen LogP contribution in [-0.2, 0) is 24.6 Å². The van der Waals surface area contributed by atoms with Gasteiger partial charge in [-0.2, -0.15) is 0 Å². The van der Waals surface area contributed by atoms with Gasteiger partial charge in [0, 0.05) is 12.8 Å². The molecule has 1 aliphatic rings. The summed E-state index contributed by atoms with van der Waals surface area (Å²) < 4.78 is 28.1. The summed E-state index contributed by atoms with van der Waals surface area (Å²) in [6.07, 6.45) is 1.58. The fraction of sp³-hybridized carbons (Fsp3) is 0.793. The Morgan fingerprint density at radius 1 is 0.750 bits per heavy atom. The Labute approximate surface area is 226 Å². The van der Waals surface area contributed by atoms with Crippen molar-refractivity contribution >= 4 is 25.0 Å². The predicted molar refractivity (Wildman–Crippen MR) is 161 cm³/mol. The third kappa shape index (κ3) is 8.11. The maximum absolute atomic E-state index is 7.21. The fourth-order valence-electron chi connectivity index (χ4n) is 4.36. The van der Waals surface area contributed by atoms with Crippen LogP contribution in [0.1, 0.15) is 66.9 Å². The highest BCUT2D eigenvalue weighted by molar-refractivity contribution is 6.74. The lowest BCUT2D eigenvalue weighted by Crippen LogP contribution is -2.66. The number of hydrogen-bond donors (Lipinski definition) is 0. The Kier molecular flexibility index (Phi) is 9.81. The molecule has 0 N–H and O–H groups in total. The van der Waals surface area contributed by atoms with E-state index in [4.69, 9.17) is 18.0 Å². The second kappa shape index (κ2) is 11.1. The van der Waals surface area contributed by atoms with E-state index in [0.717, 1.165) is 12.8 Å². The molecule has 0 amide bonds. The van der Waals surface area contributed by atoms with E-state index in [-0.39, 0.29) is 28.4 Å².